The molecule has 0 spiro atoms. The van der Waals surface area contributed by atoms with Crippen LogP contribution in [-0.2, 0) is 6.54 Å². The third kappa shape index (κ3) is 3.44. The van der Waals surface area contributed by atoms with E-state index in [0.29, 0.717) is 6.61 Å². The van der Waals surface area contributed by atoms with Gasteiger partial charge in [-0.15, -0.1) is 0 Å². The highest BCUT2D eigenvalue weighted by atomic mass is 16.5. The number of likely N-dealkylation sites (N-methyl/N-ethyl adjacent to an activating group) is 1. The third-order valence-electron chi connectivity index (χ3n) is 4.17. The molecule has 2 N–H and O–H groups in total. The number of benzene rings is 1. The van der Waals surface area contributed by atoms with Crippen molar-refractivity contribution in [2.45, 2.75) is 32.9 Å². The molecule has 1 heterocycles. The summed E-state index contributed by atoms with van der Waals surface area (Å²) in [4.78, 5) is 4.91. The molecule has 20 heavy (non-hydrogen) atoms. The Kier molecular flexibility index (Phi) is 4.55. The van der Waals surface area contributed by atoms with Crippen LogP contribution in [0.5, 0.6) is 5.75 Å². The number of nitrogens with zero attached hydrogens (tertiary/aromatic N) is 2. The largest absolute Gasteiger partial charge is 0.494 e. The van der Waals surface area contributed by atoms with Gasteiger partial charge in [0.05, 0.1) is 6.61 Å². The van der Waals surface area contributed by atoms with E-state index in [2.05, 4.69) is 30.7 Å². The van der Waals surface area contributed by atoms with E-state index in [-0.39, 0.29) is 5.54 Å². The highest BCUT2D eigenvalue weighted by molar-refractivity contribution is 5.47. The molecular weight excluding hydrogens is 250 g/mol. The first-order valence-electron chi connectivity index (χ1n) is 7.37. The number of nitrogens with two attached hydrogens (primary N) is 1. The number of nitrogen functional groups attached to an aromatic ring is 1. The highest BCUT2D eigenvalue weighted by Crippen LogP contribution is 2.26. The van der Waals surface area contributed by atoms with E-state index in [1.165, 1.54) is 5.56 Å². The Morgan fingerprint density at radius 2 is 2.05 bits per heavy atom. The second-order valence-electron chi connectivity index (χ2n) is 6.24. The van der Waals surface area contributed by atoms with Crippen molar-refractivity contribution in [2.75, 3.05) is 39.0 Å². The van der Waals surface area contributed by atoms with E-state index in [9.17, 15) is 0 Å². The lowest BCUT2D eigenvalue weighted by Gasteiger charge is -2.45. The van der Waals surface area contributed by atoms with Crippen molar-refractivity contribution in [1.82, 2.24) is 9.80 Å². The van der Waals surface area contributed by atoms with Gasteiger partial charge < -0.3 is 10.5 Å². The number of rotatable bonds is 4. The fraction of sp³-hybridized carbons (Fsp3) is 0.625. The summed E-state index contributed by atoms with van der Waals surface area (Å²) in [6.07, 6.45) is 0. The molecule has 1 aromatic rings. The first kappa shape index (κ1) is 15.1. The zero-order valence-corrected chi connectivity index (χ0v) is 13.1. The predicted octanol–water partition coefficient (Wildman–Crippen LogP) is 2.19. The predicted molar refractivity (Wildman–Crippen MR) is 84.0 cm³/mol. The van der Waals surface area contributed by atoms with Crippen molar-refractivity contribution >= 4 is 5.69 Å². The van der Waals surface area contributed by atoms with E-state index in [0.717, 1.165) is 37.6 Å². The summed E-state index contributed by atoms with van der Waals surface area (Å²) in [5.74, 6) is 0.957. The first-order valence-corrected chi connectivity index (χ1v) is 7.37. The zero-order chi connectivity index (χ0) is 14.8. The van der Waals surface area contributed by atoms with Crippen molar-refractivity contribution < 1.29 is 4.74 Å². The molecule has 0 aliphatic carbocycles. The Balaban J connectivity index is 2.11. The van der Waals surface area contributed by atoms with Crippen molar-refractivity contribution in [3.63, 3.8) is 0 Å². The number of hydrogen-bond acceptors (Lipinski definition) is 4. The summed E-state index contributed by atoms with van der Waals surface area (Å²) in [6.45, 7) is 11.4. The van der Waals surface area contributed by atoms with Crippen LogP contribution in [0.2, 0.25) is 0 Å². The molecule has 0 saturated carbocycles. The molecular formula is C16H27N3O. The topological polar surface area (TPSA) is 41.7 Å². The third-order valence-corrected chi connectivity index (χ3v) is 4.17. The molecule has 0 unspecified atom stereocenters. The maximum atomic E-state index is 5.92. The second kappa shape index (κ2) is 6.02. The van der Waals surface area contributed by atoms with Gasteiger partial charge in [0.15, 0.2) is 0 Å². The summed E-state index contributed by atoms with van der Waals surface area (Å²) < 4.78 is 5.71. The van der Waals surface area contributed by atoms with Crippen LogP contribution >= 0.6 is 0 Å². The van der Waals surface area contributed by atoms with Crippen molar-refractivity contribution in [2.24, 2.45) is 0 Å². The van der Waals surface area contributed by atoms with Gasteiger partial charge in [0.1, 0.15) is 5.75 Å². The maximum Gasteiger partial charge on any atom is 0.123 e. The van der Waals surface area contributed by atoms with Crippen molar-refractivity contribution in [3.05, 3.63) is 23.8 Å². The normalized spacial score (nSPS) is 20.0. The van der Waals surface area contributed by atoms with Crippen molar-refractivity contribution in [1.29, 1.82) is 0 Å². The molecule has 1 saturated heterocycles. The number of piperazine rings is 1. The zero-order valence-electron chi connectivity index (χ0n) is 13.1. The van der Waals surface area contributed by atoms with Crippen LogP contribution in [0.3, 0.4) is 0 Å². The lowest BCUT2D eigenvalue weighted by molar-refractivity contribution is 0.0356. The summed E-state index contributed by atoms with van der Waals surface area (Å²) >= 11 is 0. The van der Waals surface area contributed by atoms with Gasteiger partial charge in [-0.05, 0) is 46.0 Å². The van der Waals surface area contributed by atoms with Crippen LogP contribution < -0.4 is 10.5 Å². The van der Waals surface area contributed by atoms with E-state index < -0.39 is 0 Å². The monoisotopic (exact) mass is 277 g/mol. The van der Waals surface area contributed by atoms with E-state index in [4.69, 9.17) is 10.5 Å². The Hall–Kier alpha value is -1.26. The Morgan fingerprint density at radius 3 is 2.70 bits per heavy atom. The van der Waals surface area contributed by atoms with E-state index >= 15 is 0 Å². The summed E-state index contributed by atoms with van der Waals surface area (Å²) in [5.41, 5.74) is 8.12. The van der Waals surface area contributed by atoms with Gasteiger partial charge in [0.25, 0.3) is 0 Å². The molecule has 1 aromatic carbocycles. The van der Waals surface area contributed by atoms with Crippen LogP contribution in [-0.4, -0.2) is 48.6 Å². The molecule has 4 nitrogen and oxygen atoms in total. The number of anilines is 1. The summed E-state index contributed by atoms with van der Waals surface area (Å²) in [6, 6.07) is 5.92. The molecule has 0 atom stereocenters. The number of hydrogen-bond donors (Lipinski definition) is 1. The molecule has 0 bridgehead atoms. The molecule has 112 valence electrons. The minimum absolute atomic E-state index is 0.213. The molecule has 2 rings (SSSR count). The first-order chi connectivity index (χ1) is 9.42. The molecule has 1 aliphatic rings. The average molecular weight is 277 g/mol. The fourth-order valence-corrected chi connectivity index (χ4v) is 2.74. The molecule has 0 aromatic heterocycles. The molecule has 0 amide bonds. The number of ether oxygens (including phenoxy) is 1. The van der Waals surface area contributed by atoms with Crippen LogP contribution in [0.15, 0.2) is 18.2 Å². The smallest absolute Gasteiger partial charge is 0.123 e. The van der Waals surface area contributed by atoms with Gasteiger partial charge in [-0.1, -0.05) is 0 Å². The maximum absolute atomic E-state index is 5.92. The van der Waals surface area contributed by atoms with Gasteiger partial charge >= 0.3 is 0 Å². The van der Waals surface area contributed by atoms with Crippen LogP contribution in [0.1, 0.15) is 26.3 Å². The van der Waals surface area contributed by atoms with Crippen molar-refractivity contribution in [3.8, 4) is 5.75 Å². The molecule has 0 radical (unpaired) electrons. The minimum atomic E-state index is 0.213. The highest BCUT2D eigenvalue weighted by Gasteiger charge is 2.31. The standard InChI is InChI=1S/C16H27N3O/c1-5-20-15-7-6-14(17)10-13(15)11-19-9-8-18(4)16(2,3)12-19/h6-7,10H,5,8-9,11-12,17H2,1-4H3. The van der Waals surface area contributed by atoms with Gasteiger partial charge in [-0.25, -0.2) is 0 Å². The van der Waals surface area contributed by atoms with Crippen LogP contribution in [0.4, 0.5) is 5.69 Å². The summed E-state index contributed by atoms with van der Waals surface area (Å²) in [7, 11) is 2.20. The average Bonchev–Trinajstić information content (AvgIpc) is 2.37. The Morgan fingerprint density at radius 1 is 1.30 bits per heavy atom. The SMILES string of the molecule is CCOc1ccc(N)cc1CN1CCN(C)C(C)(C)C1. The van der Waals surface area contributed by atoms with Gasteiger partial charge in [0, 0.05) is 43.0 Å². The minimum Gasteiger partial charge on any atom is -0.494 e. The Labute approximate surface area is 122 Å². The van der Waals surface area contributed by atoms with Gasteiger partial charge in [-0.2, -0.15) is 0 Å². The summed E-state index contributed by atoms with van der Waals surface area (Å²) in [5, 5.41) is 0. The second-order valence-corrected chi connectivity index (χ2v) is 6.24. The quantitative estimate of drug-likeness (QED) is 0.857. The van der Waals surface area contributed by atoms with Gasteiger partial charge in [0.2, 0.25) is 0 Å². The molecule has 1 fully saturated rings. The molecule has 4 heteroatoms. The molecule has 1 aliphatic heterocycles. The lowest BCUT2D eigenvalue weighted by Crippen LogP contribution is -2.57. The lowest BCUT2D eigenvalue weighted by atomic mass is 9.99. The van der Waals surface area contributed by atoms with Gasteiger partial charge in [-0.3, -0.25) is 9.80 Å². The fourth-order valence-electron chi connectivity index (χ4n) is 2.74. The van der Waals surface area contributed by atoms with E-state index in [1.54, 1.807) is 0 Å². The van der Waals surface area contributed by atoms with E-state index in [1.807, 2.05) is 25.1 Å². The van der Waals surface area contributed by atoms with Crippen LogP contribution in [0.25, 0.3) is 0 Å². The van der Waals surface area contributed by atoms with Crippen LogP contribution in [0, 0.1) is 0 Å². The Bertz CT molecular complexity index is 459.